The van der Waals surface area contributed by atoms with Crippen molar-refractivity contribution in [2.75, 3.05) is 18.8 Å². The lowest BCUT2D eigenvalue weighted by molar-refractivity contribution is -0.138. The van der Waals surface area contributed by atoms with Crippen molar-refractivity contribution in [2.45, 2.75) is 38.4 Å². The normalized spacial score (nSPS) is 20.9. The number of hydrogen-bond acceptors (Lipinski definition) is 4. The average Bonchev–Trinajstić information content (AvgIpc) is 2.72. The van der Waals surface area contributed by atoms with Crippen LogP contribution in [-0.2, 0) is 0 Å². The second kappa shape index (κ2) is 5.32. The number of rotatable bonds is 3. The molecule has 2 heterocycles. The molecule has 1 saturated heterocycles. The molecule has 0 unspecified atom stereocenters. The number of anilines is 1. The molecule has 106 valence electrons. The summed E-state index contributed by atoms with van der Waals surface area (Å²) in [6, 6.07) is 1.58. The van der Waals surface area contributed by atoms with Crippen LogP contribution in [0.15, 0.2) is 6.07 Å². The summed E-state index contributed by atoms with van der Waals surface area (Å²) in [5.41, 5.74) is 6.39. The Kier molecular flexibility index (Phi) is 3.93. The topological polar surface area (TPSA) is 55.0 Å². The van der Waals surface area contributed by atoms with Crippen molar-refractivity contribution < 1.29 is 13.2 Å². The van der Waals surface area contributed by atoms with Crippen LogP contribution in [0.3, 0.4) is 0 Å². The van der Waals surface area contributed by atoms with Gasteiger partial charge in [0.05, 0.1) is 18.2 Å². The van der Waals surface area contributed by atoms with Gasteiger partial charge in [-0.25, -0.2) is 9.97 Å². The zero-order valence-corrected chi connectivity index (χ0v) is 10.7. The number of hydrogen-bond donors (Lipinski definition) is 1. The van der Waals surface area contributed by atoms with Crippen molar-refractivity contribution in [2.24, 2.45) is 0 Å². The van der Waals surface area contributed by atoms with Crippen LogP contribution in [0.4, 0.5) is 19.0 Å². The molecular formula is C12H17F3N4. The summed E-state index contributed by atoms with van der Waals surface area (Å²) in [5, 5.41) is 0. The Balaban J connectivity index is 2.09. The van der Waals surface area contributed by atoms with Crippen LogP contribution in [0.2, 0.25) is 0 Å². The standard InChI is InChI=1S/C12H17F3N4/c1-8-17-9(7-11(16)18-8)10-3-2-5-19(10)6-4-12(13,14)15/h7,10H,2-6H2,1H3,(H2,16,17,18)/t10-/m1/s1. The molecular weight excluding hydrogens is 257 g/mol. The molecule has 4 nitrogen and oxygen atoms in total. The minimum atomic E-state index is -4.12. The highest BCUT2D eigenvalue weighted by Gasteiger charge is 2.32. The zero-order chi connectivity index (χ0) is 14.0. The van der Waals surface area contributed by atoms with Crippen molar-refractivity contribution >= 4 is 5.82 Å². The molecule has 0 amide bonds. The predicted octanol–water partition coefficient (Wildman–Crippen LogP) is 2.46. The number of nitrogens with zero attached hydrogens (tertiary/aromatic N) is 3. The van der Waals surface area contributed by atoms with Crippen LogP contribution in [0.1, 0.15) is 36.8 Å². The molecule has 0 aromatic carbocycles. The first kappa shape index (κ1) is 14.0. The Morgan fingerprint density at radius 2 is 2.16 bits per heavy atom. The summed E-state index contributed by atoms with van der Waals surface area (Å²) in [6.07, 6.45) is -3.21. The molecule has 7 heteroatoms. The summed E-state index contributed by atoms with van der Waals surface area (Å²) >= 11 is 0. The fourth-order valence-electron chi connectivity index (χ4n) is 2.48. The smallest absolute Gasteiger partial charge is 0.384 e. The summed E-state index contributed by atoms with van der Waals surface area (Å²) in [5.74, 6) is 0.919. The SMILES string of the molecule is Cc1nc(N)cc([C@H]2CCCN2CCC(F)(F)F)n1. The second-order valence-electron chi connectivity index (χ2n) is 4.82. The van der Waals surface area contributed by atoms with E-state index < -0.39 is 12.6 Å². The Morgan fingerprint density at radius 3 is 2.79 bits per heavy atom. The van der Waals surface area contributed by atoms with E-state index in [1.165, 1.54) is 0 Å². The number of alkyl halides is 3. The van der Waals surface area contributed by atoms with E-state index in [1.807, 2.05) is 4.90 Å². The first-order valence-corrected chi connectivity index (χ1v) is 6.27. The maximum Gasteiger partial charge on any atom is 0.390 e. The first-order chi connectivity index (χ1) is 8.85. The van der Waals surface area contributed by atoms with E-state index in [0.717, 1.165) is 18.5 Å². The number of nitrogen functional groups attached to an aromatic ring is 1. The number of halogens is 3. The van der Waals surface area contributed by atoms with Gasteiger partial charge < -0.3 is 5.73 Å². The van der Waals surface area contributed by atoms with Crippen molar-refractivity contribution in [3.8, 4) is 0 Å². The molecule has 0 bridgehead atoms. The van der Waals surface area contributed by atoms with Gasteiger partial charge in [-0.1, -0.05) is 0 Å². The Bertz CT molecular complexity index is 427. The molecule has 0 spiro atoms. The highest BCUT2D eigenvalue weighted by molar-refractivity contribution is 5.31. The Morgan fingerprint density at radius 1 is 1.42 bits per heavy atom. The Labute approximate surface area is 109 Å². The number of likely N-dealkylation sites (tertiary alicyclic amines) is 1. The van der Waals surface area contributed by atoms with E-state index in [0.29, 0.717) is 18.2 Å². The van der Waals surface area contributed by atoms with E-state index in [9.17, 15) is 13.2 Å². The minimum absolute atomic E-state index is 0.0110. The third-order valence-corrected chi connectivity index (χ3v) is 3.27. The van der Waals surface area contributed by atoms with Crippen LogP contribution >= 0.6 is 0 Å². The van der Waals surface area contributed by atoms with Crippen molar-refractivity contribution in [3.63, 3.8) is 0 Å². The molecule has 19 heavy (non-hydrogen) atoms. The maximum absolute atomic E-state index is 12.3. The van der Waals surface area contributed by atoms with Crippen LogP contribution in [0.25, 0.3) is 0 Å². The molecule has 1 aliphatic heterocycles. The van der Waals surface area contributed by atoms with Crippen LogP contribution in [0.5, 0.6) is 0 Å². The predicted molar refractivity (Wildman–Crippen MR) is 65.4 cm³/mol. The molecule has 2 rings (SSSR count). The van der Waals surface area contributed by atoms with Gasteiger partial charge in [-0.15, -0.1) is 0 Å². The van der Waals surface area contributed by atoms with E-state index in [-0.39, 0.29) is 12.6 Å². The summed E-state index contributed by atoms with van der Waals surface area (Å²) in [7, 11) is 0. The van der Waals surface area contributed by atoms with Crippen molar-refractivity contribution in [1.29, 1.82) is 0 Å². The van der Waals surface area contributed by atoms with Gasteiger partial charge in [0.15, 0.2) is 0 Å². The fraction of sp³-hybridized carbons (Fsp3) is 0.667. The van der Waals surface area contributed by atoms with Gasteiger partial charge in [-0.2, -0.15) is 13.2 Å². The lowest BCUT2D eigenvalue weighted by Crippen LogP contribution is -2.28. The van der Waals surface area contributed by atoms with Crippen LogP contribution < -0.4 is 5.73 Å². The zero-order valence-electron chi connectivity index (χ0n) is 10.7. The number of aryl methyl sites for hydroxylation is 1. The summed E-state index contributed by atoms with van der Waals surface area (Å²) < 4.78 is 36.9. The highest BCUT2D eigenvalue weighted by Crippen LogP contribution is 2.32. The fourth-order valence-corrected chi connectivity index (χ4v) is 2.48. The number of nitrogens with two attached hydrogens (primary N) is 1. The monoisotopic (exact) mass is 274 g/mol. The summed E-state index contributed by atoms with van der Waals surface area (Å²) in [4.78, 5) is 10.1. The van der Waals surface area contributed by atoms with Crippen molar-refractivity contribution in [1.82, 2.24) is 14.9 Å². The van der Waals surface area contributed by atoms with Gasteiger partial charge >= 0.3 is 6.18 Å². The third-order valence-electron chi connectivity index (χ3n) is 3.27. The average molecular weight is 274 g/mol. The molecule has 1 atom stereocenters. The van der Waals surface area contributed by atoms with E-state index in [4.69, 9.17) is 5.73 Å². The van der Waals surface area contributed by atoms with Gasteiger partial charge in [-0.3, -0.25) is 4.90 Å². The molecule has 0 saturated carbocycles. The first-order valence-electron chi connectivity index (χ1n) is 6.27. The minimum Gasteiger partial charge on any atom is -0.384 e. The van der Waals surface area contributed by atoms with Gasteiger partial charge in [0.2, 0.25) is 0 Å². The molecule has 1 fully saturated rings. The lowest BCUT2D eigenvalue weighted by Gasteiger charge is -2.24. The molecule has 1 aromatic rings. The lowest BCUT2D eigenvalue weighted by atomic mass is 10.1. The second-order valence-corrected chi connectivity index (χ2v) is 4.82. The Hall–Kier alpha value is -1.37. The quantitative estimate of drug-likeness (QED) is 0.920. The largest absolute Gasteiger partial charge is 0.390 e. The summed E-state index contributed by atoms with van der Waals surface area (Å²) in [6.45, 7) is 2.41. The van der Waals surface area contributed by atoms with E-state index >= 15 is 0 Å². The number of aromatic nitrogens is 2. The molecule has 1 aromatic heterocycles. The van der Waals surface area contributed by atoms with E-state index in [1.54, 1.807) is 13.0 Å². The molecule has 2 N–H and O–H groups in total. The molecule has 1 aliphatic rings. The molecule has 0 radical (unpaired) electrons. The highest BCUT2D eigenvalue weighted by atomic mass is 19.4. The van der Waals surface area contributed by atoms with Crippen LogP contribution in [0, 0.1) is 6.92 Å². The third kappa shape index (κ3) is 3.79. The van der Waals surface area contributed by atoms with Gasteiger partial charge in [-0.05, 0) is 26.3 Å². The van der Waals surface area contributed by atoms with Gasteiger partial charge in [0.1, 0.15) is 11.6 Å². The van der Waals surface area contributed by atoms with Crippen molar-refractivity contribution in [3.05, 3.63) is 17.6 Å². The molecule has 0 aliphatic carbocycles. The van der Waals surface area contributed by atoms with Gasteiger partial charge in [0.25, 0.3) is 0 Å². The van der Waals surface area contributed by atoms with Crippen LogP contribution in [-0.4, -0.2) is 34.1 Å². The van der Waals surface area contributed by atoms with E-state index in [2.05, 4.69) is 9.97 Å². The van der Waals surface area contributed by atoms with Gasteiger partial charge in [0, 0.05) is 12.6 Å². The maximum atomic E-state index is 12.3.